The molecule has 0 bridgehead atoms. The molecular weight excluding hydrogens is 432 g/mol. The molecule has 0 radical (unpaired) electrons. The van der Waals surface area contributed by atoms with Crippen molar-refractivity contribution in [1.29, 1.82) is 0 Å². The van der Waals surface area contributed by atoms with E-state index in [1.807, 2.05) is 26.0 Å². The van der Waals surface area contributed by atoms with Gasteiger partial charge in [0.1, 0.15) is 0 Å². The van der Waals surface area contributed by atoms with E-state index < -0.39 is 20.0 Å². The molecule has 1 N–H and O–H groups in total. The van der Waals surface area contributed by atoms with Crippen LogP contribution in [0.4, 0.5) is 0 Å². The van der Waals surface area contributed by atoms with Crippen LogP contribution in [0, 0.1) is 13.8 Å². The molecule has 1 heterocycles. The van der Waals surface area contributed by atoms with E-state index in [-0.39, 0.29) is 29.4 Å². The summed E-state index contributed by atoms with van der Waals surface area (Å²) in [6, 6.07) is 11.9. The number of hydrogen-bond donors (Lipinski definition) is 1. The zero-order chi connectivity index (χ0) is 23.0. The van der Waals surface area contributed by atoms with Gasteiger partial charge in [0.2, 0.25) is 20.0 Å². The summed E-state index contributed by atoms with van der Waals surface area (Å²) in [4.78, 5) is 0.582. The van der Waals surface area contributed by atoms with Gasteiger partial charge >= 0.3 is 0 Å². The summed E-state index contributed by atoms with van der Waals surface area (Å²) in [6.07, 6.45) is 0.868. The standard InChI is InChI=1S/C23H32N2O4S2/c1-17-15-19(23(3,4)5)16-18(2)22(17)31(28,29)25-13-11-20(12-14-25)24-30(26,27)21-9-7-6-8-10-21/h6-10,15-16,20,24H,11-14H2,1-5H3. The van der Waals surface area contributed by atoms with Gasteiger partial charge in [0.05, 0.1) is 9.79 Å². The Balaban J connectivity index is 1.75. The average Bonchev–Trinajstić information content (AvgIpc) is 2.67. The normalized spacial score (nSPS) is 17.1. The molecule has 0 aliphatic carbocycles. The third kappa shape index (κ3) is 5.19. The molecule has 8 heteroatoms. The first-order chi connectivity index (χ1) is 14.3. The van der Waals surface area contributed by atoms with Crippen molar-refractivity contribution in [2.45, 2.75) is 68.7 Å². The average molecular weight is 465 g/mol. The van der Waals surface area contributed by atoms with Gasteiger partial charge in [0, 0.05) is 19.1 Å². The SMILES string of the molecule is Cc1cc(C(C)(C)C)cc(C)c1S(=O)(=O)N1CCC(NS(=O)(=O)c2ccccc2)CC1. The second-order valence-electron chi connectivity index (χ2n) is 9.30. The van der Waals surface area contributed by atoms with Crippen molar-refractivity contribution in [2.24, 2.45) is 0 Å². The van der Waals surface area contributed by atoms with Crippen LogP contribution in [-0.2, 0) is 25.5 Å². The molecule has 170 valence electrons. The fourth-order valence-electron chi connectivity index (χ4n) is 4.02. The molecule has 1 aliphatic rings. The second kappa shape index (κ2) is 8.65. The van der Waals surface area contributed by atoms with Gasteiger partial charge in [-0.25, -0.2) is 21.6 Å². The van der Waals surface area contributed by atoms with Gasteiger partial charge in [-0.15, -0.1) is 0 Å². The number of nitrogens with one attached hydrogen (secondary N) is 1. The number of nitrogens with zero attached hydrogens (tertiary/aromatic N) is 1. The van der Waals surface area contributed by atoms with E-state index in [9.17, 15) is 16.8 Å². The maximum atomic E-state index is 13.4. The molecule has 2 aromatic rings. The summed E-state index contributed by atoms with van der Waals surface area (Å²) >= 11 is 0. The predicted molar refractivity (Wildman–Crippen MR) is 123 cm³/mol. The molecule has 31 heavy (non-hydrogen) atoms. The van der Waals surface area contributed by atoms with E-state index in [4.69, 9.17) is 0 Å². The van der Waals surface area contributed by atoms with Crippen molar-refractivity contribution in [1.82, 2.24) is 9.03 Å². The smallest absolute Gasteiger partial charge is 0.208 e. The first-order valence-corrected chi connectivity index (χ1v) is 13.4. The Kier molecular flexibility index (Phi) is 6.68. The first-order valence-electron chi connectivity index (χ1n) is 10.5. The predicted octanol–water partition coefficient (Wildman–Crippen LogP) is 3.73. The third-order valence-corrected chi connectivity index (χ3v) is 9.49. The lowest BCUT2D eigenvalue weighted by Crippen LogP contribution is -2.46. The third-order valence-electron chi connectivity index (χ3n) is 5.75. The summed E-state index contributed by atoms with van der Waals surface area (Å²) in [6.45, 7) is 10.6. The fraction of sp³-hybridized carbons (Fsp3) is 0.478. The largest absolute Gasteiger partial charge is 0.243 e. The molecule has 0 saturated carbocycles. The van der Waals surface area contributed by atoms with E-state index in [1.165, 1.54) is 4.31 Å². The second-order valence-corrected chi connectivity index (χ2v) is 12.9. The van der Waals surface area contributed by atoms with Crippen molar-refractivity contribution >= 4 is 20.0 Å². The van der Waals surface area contributed by atoms with Crippen LogP contribution in [-0.4, -0.2) is 40.3 Å². The van der Waals surface area contributed by atoms with E-state index in [2.05, 4.69) is 25.5 Å². The molecule has 6 nitrogen and oxygen atoms in total. The Hall–Kier alpha value is -1.74. The fourth-order valence-corrected chi connectivity index (χ4v) is 7.23. The highest BCUT2D eigenvalue weighted by atomic mass is 32.2. The number of sulfonamides is 2. The van der Waals surface area contributed by atoms with Crippen molar-refractivity contribution < 1.29 is 16.8 Å². The number of piperidine rings is 1. The van der Waals surface area contributed by atoms with Crippen molar-refractivity contribution in [3.63, 3.8) is 0 Å². The van der Waals surface area contributed by atoms with Gasteiger partial charge in [0.15, 0.2) is 0 Å². The van der Waals surface area contributed by atoms with E-state index in [0.29, 0.717) is 17.7 Å². The lowest BCUT2D eigenvalue weighted by molar-refractivity contribution is 0.308. The summed E-state index contributed by atoms with van der Waals surface area (Å²) in [5, 5.41) is 0. The van der Waals surface area contributed by atoms with Gasteiger partial charge < -0.3 is 0 Å². The number of benzene rings is 2. The van der Waals surface area contributed by atoms with E-state index >= 15 is 0 Å². The summed E-state index contributed by atoms with van der Waals surface area (Å²) in [7, 11) is -7.26. The number of hydrogen-bond acceptors (Lipinski definition) is 4. The van der Waals surface area contributed by atoms with Crippen LogP contribution in [0.3, 0.4) is 0 Å². The Morgan fingerprint density at radius 3 is 1.90 bits per heavy atom. The highest BCUT2D eigenvalue weighted by Gasteiger charge is 2.33. The minimum Gasteiger partial charge on any atom is -0.208 e. The van der Waals surface area contributed by atoms with E-state index in [0.717, 1.165) is 16.7 Å². The van der Waals surface area contributed by atoms with Gasteiger partial charge in [0.25, 0.3) is 0 Å². The number of aryl methyl sites for hydroxylation is 2. The van der Waals surface area contributed by atoms with Crippen LogP contribution < -0.4 is 4.72 Å². The Bertz CT molecular complexity index is 1120. The molecule has 1 fully saturated rings. The lowest BCUT2D eigenvalue weighted by Gasteiger charge is -2.32. The van der Waals surface area contributed by atoms with Gasteiger partial charge in [-0.2, -0.15) is 4.31 Å². The molecule has 1 aliphatic heterocycles. The molecule has 0 spiro atoms. The van der Waals surface area contributed by atoms with E-state index in [1.54, 1.807) is 30.3 Å². The molecule has 0 atom stereocenters. The highest BCUT2D eigenvalue weighted by Crippen LogP contribution is 2.31. The van der Waals surface area contributed by atoms with Gasteiger partial charge in [-0.1, -0.05) is 51.1 Å². The maximum Gasteiger partial charge on any atom is 0.243 e. The molecule has 2 aromatic carbocycles. The van der Waals surface area contributed by atoms with Crippen LogP contribution >= 0.6 is 0 Å². The van der Waals surface area contributed by atoms with Crippen LogP contribution in [0.25, 0.3) is 0 Å². The molecule has 3 rings (SSSR count). The molecule has 0 aromatic heterocycles. The molecule has 0 unspecified atom stereocenters. The summed E-state index contributed by atoms with van der Waals surface area (Å²) < 4.78 is 56.1. The summed E-state index contributed by atoms with van der Waals surface area (Å²) in [5.74, 6) is 0. The Labute approximate surface area is 186 Å². The Morgan fingerprint density at radius 1 is 0.903 bits per heavy atom. The van der Waals surface area contributed by atoms with Crippen LogP contribution in [0.15, 0.2) is 52.3 Å². The number of rotatable bonds is 5. The Morgan fingerprint density at radius 2 is 1.42 bits per heavy atom. The molecule has 0 amide bonds. The van der Waals surface area contributed by atoms with Crippen molar-refractivity contribution in [3.8, 4) is 0 Å². The van der Waals surface area contributed by atoms with Gasteiger partial charge in [-0.05, 0) is 60.9 Å². The van der Waals surface area contributed by atoms with Crippen molar-refractivity contribution in [3.05, 3.63) is 59.2 Å². The minimum atomic E-state index is -3.65. The van der Waals surface area contributed by atoms with Crippen LogP contribution in [0.1, 0.15) is 50.3 Å². The topological polar surface area (TPSA) is 83.6 Å². The maximum absolute atomic E-state index is 13.4. The lowest BCUT2D eigenvalue weighted by atomic mass is 9.85. The highest BCUT2D eigenvalue weighted by molar-refractivity contribution is 7.89. The minimum absolute atomic E-state index is 0.0634. The first kappa shape index (κ1) is 23.9. The summed E-state index contributed by atoms with van der Waals surface area (Å²) in [5.41, 5.74) is 2.54. The monoisotopic (exact) mass is 464 g/mol. The molecular formula is C23H32N2O4S2. The zero-order valence-electron chi connectivity index (χ0n) is 18.8. The quantitative estimate of drug-likeness (QED) is 0.731. The molecule has 1 saturated heterocycles. The van der Waals surface area contributed by atoms with Crippen LogP contribution in [0.2, 0.25) is 0 Å². The van der Waals surface area contributed by atoms with Crippen LogP contribution in [0.5, 0.6) is 0 Å². The van der Waals surface area contributed by atoms with Gasteiger partial charge in [-0.3, -0.25) is 0 Å². The zero-order valence-corrected chi connectivity index (χ0v) is 20.5. The van der Waals surface area contributed by atoms with Crippen molar-refractivity contribution in [2.75, 3.05) is 13.1 Å².